The second kappa shape index (κ2) is 10.4. The molecule has 0 fully saturated rings. The molecule has 0 saturated heterocycles. The minimum atomic E-state index is -0.649. The predicted molar refractivity (Wildman–Crippen MR) is 127 cm³/mol. The highest BCUT2D eigenvalue weighted by molar-refractivity contribution is 7.99. The summed E-state index contributed by atoms with van der Waals surface area (Å²) in [6.45, 7) is 3.81. The van der Waals surface area contributed by atoms with E-state index in [1.54, 1.807) is 11.8 Å². The number of aryl methyl sites for hydroxylation is 2. The number of carbonyl (C=O) groups is 2. The molecular formula is C24H23ClN2O4S. The average Bonchev–Trinajstić information content (AvgIpc) is 2.75. The number of rotatable bonds is 8. The highest BCUT2D eigenvalue weighted by atomic mass is 35.5. The van der Waals surface area contributed by atoms with E-state index in [0.717, 1.165) is 4.90 Å². The molecule has 0 spiro atoms. The molecule has 2 amide bonds. The first-order valence-corrected chi connectivity index (χ1v) is 10.9. The number of ether oxygens (including phenoxy) is 2. The lowest BCUT2D eigenvalue weighted by atomic mass is 10.1. The van der Waals surface area contributed by atoms with Gasteiger partial charge in [-0.3, -0.25) is 9.59 Å². The predicted octanol–water partition coefficient (Wildman–Crippen LogP) is 5.23. The van der Waals surface area contributed by atoms with Gasteiger partial charge in [-0.1, -0.05) is 41.1 Å². The van der Waals surface area contributed by atoms with Crippen LogP contribution in [0.15, 0.2) is 64.4 Å². The van der Waals surface area contributed by atoms with Crippen molar-refractivity contribution >= 4 is 40.9 Å². The maximum absolute atomic E-state index is 12.7. The Bertz CT molecular complexity index is 1150. The van der Waals surface area contributed by atoms with Gasteiger partial charge in [0.15, 0.2) is 18.1 Å². The summed E-state index contributed by atoms with van der Waals surface area (Å²) >= 11 is 7.89. The quantitative estimate of drug-likeness (QED) is 0.470. The summed E-state index contributed by atoms with van der Waals surface area (Å²) in [7, 11) is 1.41. The number of primary amides is 1. The van der Waals surface area contributed by atoms with Crippen LogP contribution in [0.2, 0.25) is 5.02 Å². The third-order valence-electron chi connectivity index (χ3n) is 4.52. The van der Waals surface area contributed by atoms with Crippen LogP contribution in [0.4, 0.5) is 5.69 Å². The van der Waals surface area contributed by atoms with Gasteiger partial charge < -0.3 is 20.5 Å². The molecule has 3 N–H and O–H groups in total. The van der Waals surface area contributed by atoms with Crippen molar-refractivity contribution in [2.75, 3.05) is 19.0 Å². The first-order chi connectivity index (χ1) is 15.3. The van der Waals surface area contributed by atoms with Crippen molar-refractivity contribution in [3.63, 3.8) is 0 Å². The lowest BCUT2D eigenvalue weighted by molar-refractivity contribution is -0.119. The summed E-state index contributed by atoms with van der Waals surface area (Å²) in [5.41, 5.74) is 8.48. The topological polar surface area (TPSA) is 90.7 Å². The Balaban J connectivity index is 1.71. The molecule has 0 atom stereocenters. The third kappa shape index (κ3) is 5.96. The molecule has 3 aromatic rings. The number of amides is 2. The van der Waals surface area contributed by atoms with Crippen molar-refractivity contribution < 1.29 is 19.1 Å². The highest BCUT2D eigenvalue weighted by Crippen LogP contribution is 2.37. The number of nitrogens with two attached hydrogens (primary N) is 1. The van der Waals surface area contributed by atoms with Crippen LogP contribution in [-0.4, -0.2) is 25.5 Å². The van der Waals surface area contributed by atoms with Crippen LogP contribution >= 0.6 is 23.4 Å². The van der Waals surface area contributed by atoms with Crippen molar-refractivity contribution in [1.82, 2.24) is 0 Å². The van der Waals surface area contributed by atoms with Gasteiger partial charge in [0.25, 0.3) is 11.8 Å². The van der Waals surface area contributed by atoms with Crippen molar-refractivity contribution in [3.8, 4) is 11.5 Å². The van der Waals surface area contributed by atoms with E-state index in [4.69, 9.17) is 26.8 Å². The SMILES string of the molecule is COc1cc(C(=O)Nc2ccc(Sc3ccc(C)cc3C)cc2)cc(Cl)c1OCC(N)=O. The molecule has 3 aromatic carbocycles. The van der Waals surface area contributed by atoms with E-state index in [1.165, 1.54) is 35.3 Å². The van der Waals surface area contributed by atoms with Crippen LogP contribution in [0.5, 0.6) is 11.5 Å². The van der Waals surface area contributed by atoms with E-state index in [9.17, 15) is 9.59 Å². The monoisotopic (exact) mass is 470 g/mol. The Morgan fingerprint density at radius 2 is 1.78 bits per heavy atom. The lowest BCUT2D eigenvalue weighted by Crippen LogP contribution is -2.20. The van der Waals surface area contributed by atoms with E-state index < -0.39 is 5.91 Å². The number of hydrogen-bond donors (Lipinski definition) is 2. The van der Waals surface area contributed by atoms with E-state index in [2.05, 4.69) is 37.4 Å². The van der Waals surface area contributed by atoms with Crippen LogP contribution in [0.25, 0.3) is 0 Å². The van der Waals surface area contributed by atoms with Crippen molar-refractivity contribution in [1.29, 1.82) is 0 Å². The van der Waals surface area contributed by atoms with Gasteiger partial charge in [0, 0.05) is 21.0 Å². The summed E-state index contributed by atoms with van der Waals surface area (Å²) < 4.78 is 10.5. The van der Waals surface area contributed by atoms with Crippen LogP contribution in [0.1, 0.15) is 21.5 Å². The fourth-order valence-electron chi connectivity index (χ4n) is 2.98. The van der Waals surface area contributed by atoms with Crippen LogP contribution in [0, 0.1) is 13.8 Å². The molecule has 32 heavy (non-hydrogen) atoms. The maximum Gasteiger partial charge on any atom is 0.255 e. The molecular weight excluding hydrogens is 448 g/mol. The van der Waals surface area contributed by atoms with Crippen molar-refractivity contribution in [2.45, 2.75) is 23.6 Å². The third-order valence-corrected chi connectivity index (χ3v) is 5.99. The Morgan fingerprint density at radius 3 is 2.41 bits per heavy atom. The molecule has 0 aliphatic carbocycles. The molecule has 3 rings (SSSR count). The zero-order chi connectivity index (χ0) is 23.3. The minimum absolute atomic E-state index is 0.135. The first kappa shape index (κ1) is 23.5. The van der Waals surface area contributed by atoms with Crippen LogP contribution in [-0.2, 0) is 4.79 Å². The molecule has 0 saturated carbocycles. The number of benzene rings is 3. The molecule has 6 nitrogen and oxygen atoms in total. The van der Waals surface area contributed by atoms with E-state index in [1.807, 2.05) is 24.3 Å². The Kier molecular flexibility index (Phi) is 7.66. The molecule has 0 unspecified atom stereocenters. The summed E-state index contributed by atoms with van der Waals surface area (Å²) in [5, 5.41) is 2.97. The van der Waals surface area contributed by atoms with Gasteiger partial charge >= 0.3 is 0 Å². The number of nitrogens with one attached hydrogen (secondary N) is 1. The van der Waals surface area contributed by atoms with Gasteiger partial charge in [-0.25, -0.2) is 0 Å². The summed E-state index contributed by atoms with van der Waals surface area (Å²) in [6.07, 6.45) is 0. The second-order valence-corrected chi connectivity index (χ2v) is 8.62. The van der Waals surface area contributed by atoms with Gasteiger partial charge in [0.05, 0.1) is 12.1 Å². The van der Waals surface area contributed by atoms with Crippen LogP contribution < -0.4 is 20.5 Å². The van der Waals surface area contributed by atoms with E-state index in [0.29, 0.717) is 5.69 Å². The normalized spacial score (nSPS) is 10.5. The maximum atomic E-state index is 12.7. The molecule has 166 valence electrons. The molecule has 0 aromatic heterocycles. The van der Waals surface area contributed by atoms with Crippen LogP contribution in [0.3, 0.4) is 0 Å². The summed E-state index contributed by atoms with van der Waals surface area (Å²) in [4.78, 5) is 25.9. The van der Waals surface area contributed by atoms with Gasteiger partial charge in [-0.15, -0.1) is 0 Å². The first-order valence-electron chi connectivity index (χ1n) is 9.72. The zero-order valence-corrected chi connectivity index (χ0v) is 19.5. The number of anilines is 1. The Labute approximate surface area is 196 Å². The number of halogens is 1. The van der Waals surface area contributed by atoms with E-state index in [-0.39, 0.29) is 34.6 Å². The molecule has 0 aliphatic rings. The van der Waals surface area contributed by atoms with E-state index >= 15 is 0 Å². The summed E-state index contributed by atoms with van der Waals surface area (Å²) in [6, 6.07) is 16.9. The average molecular weight is 471 g/mol. The zero-order valence-electron chi connectivity index (χ0n) is 17.9. The molecule has 0 radical (unpaired) electrons. The fraction of sp³-hybridized carbons (Fsp3) is 0.167. The largest absolute Gasteiger partial charge is 0.493 e. The fourth-order valence-corrected chi connectivity index (χ4v) is 4.13. The van der Waals surface area contributed by atoms with Crippen molar-refractivity contribution in [3.05, 3.63) is 76.3 Å². The Hall–Kier alpha value is -3.16. The molecule has 0 bridgehead atoms. The van der Waals surface area contributed by atoms with Gasteiger partial charge in [-0.05, 0) is 61.9 Å². The molecule has 0 heterocycles. The van der Waals surface area contributed by atoms with Crippen molar-refractivity contribution in [2.24, 2.45) is 5.73 Å². The smallest absolute Gasteiger partial charge is 0.255 e. The minimum Gasteiger partial charge on any atom is -0.493 e. The number of hydrogen-bond acceptors (Lipinski definition) is 5. The summed E-state index contributed by atoms with van der Waals surface area (Å²) in [5.74, 6) is -0.632. The number of carbonyl (C=O) groups excluding carboxylic acids is 2. The highest BCUT2D eigenvalue weighted by Gasteiger charge is 2.17. The van der Waals surface area contributed by atoms with Gasteiger partial charge in [0.2, 0.25) is 0 Å². The number of methoxy groups -OCH3 is 1. The van der Waals surface area contributed by atoms with Gasteiger partial charge in [0.1, 0.15) is 0 Å². The molecule has 8 heteroatoms. The standard InChI is InChI=1S/C24H23ClN2O4S/c1-14-4-9-21(15(2)10-14)32-18-7-5-17(6-8-18)27-24(29)16-11-19(25)23(20(12-16)30-3)31-13-22(26)28/h4-12H,13H2,1-3H3,(H2,26,28)(H,27,29). The lowest BCUT2D eigenvalue weighted by Gasteiger charge is -2.13. The molecule has 0 aliphatic heterocycles. The van der Waals surface area contributed by atoms with Gasteiger partial charge in [-0.2, -0.15) is 0 Å². The Morgan fingerprint density at radius 1 is 1.06 bits per heavy atom. The second-order valence-electron chi connectivity index (χ2n) is 7.09.